The number of anilines is 1. The Labute approximate surface area is 144 Å². The van der Waals surface area contributed by atoms with Crippen LogP contribution in [0.4, 0.5) is 5.69 Å². The number of likely N-dealkylation sites (N-methyl/N-ethyl adjacent to an activating group) is 1. The van der Waals surface area contributed by atoms with E-state index in [9.17, 15) is 4.79 Å². The molecule has 2 aromatic carbocycles. The molecule has 1 N–H and O–H groups in total. The Bertz CT molecular complexity index is 659. The van der Waals surface area contributed by atoms with E-state index in [1.165, 1.54) is 0 Å². The molecule has 116 valence electrons. The van der Waals surface area contributed by atoms with E-state index in [1.54, 1.807) is 18.2 Å². The van der Waals surface area contributed by atoms with Crippen LogP contribution in [-0.4, -0.2) is 24.4 Å². The maximum absolute atomic E-state index is 12.1. The van der Waals surface area contributed by atoms with Crippen molar-refractivity contribution in [1.82, 2.24) is 4.90 Å². The molecular formula is C16H15Cl3N2O. The molecule has 22 heavy (non-hydrogen) atoms. The molecule has 0 atom stereocenters. The van der Waals surface area contributed by atoms with Crippen LogP contribution in [0, 0.1) is 0 Å². The van der Waals surface area contributed by atoms with E-state index >= 15 is 0 Å². The van der Waals surface area contributed by atoms with E-state index < -0.39 is 0 Å². The lowest BCUT2D eigenvalue weighted by Gasteiger charge is -2.17. The van der Waals surface area contributed by atoms with E-state index in [0.717, 1.165) is 5.56 Å². The second kappa shape index (κ2) is 7.84. The highest BCUT2D eigenvalue weighted by Gasteiger charge is 2.10. The SMILES string of the molecule is CN(CC(=O)Nc1cc(Cl)ccc1Cl)Cc1ccc(Cl)cc1. The fraction of sp³-hybridized carbons (Fsp3) is 0.188. The van der Waals surface area contributed by atoms with Crippen LogP contribution >= 0.6 is 34.8 Å². The molecule has 0 spiro atoms. The van der Waals surface area contributed by atoms with Gasteiger partial charge in [0.15, 0.2) is 0 Å². The molecular weight excluding hydrogens is 343 g/mol. The first-order chi connectivity index (χ1) is 10.4. The molecule has 0 aliphatic heterocycles. The van der Waals surface area contributed by atoms with Gasteiger partial charge in [0.05, 0.1) is 17.3 Å². The van der Waals surface area contributed by atoms with Crippen LogP contribution in [0.1, 0.15) is 5.56 Å². The molecule has 0 aromatic heterocycles. The Kier molecular flexibility index (Phi) is 6.09. The van der Waals surface area contributed by atoms with E-state index in [0.29, 0.717) is 27.3 Å². The molecule has 0 heterocycles. The minimum Gasteiger partial charge on any atom is -0.324 e. The molecule has 0 saturated carbocycles. The number of nitrogens with one attached hydrogen (secondary N) is 1. The Morgan fingerprint density at radius 1 is 1.05 bits per heavy atom. The van der Waals surface area contributed by atoms with E-state index in [4.69, 9.17) is 34.8 Å². The molecule has 0 radical (unpaired) electrons. The number of amides is 1. The highest BCUT2D eigenvalue weighted by molar-refractivity contribution is 6.35. The zero-order valence-corrected chi connectivity index (χ0v) is 14.2. The first kappa shape index (κ1) is 17.1. The number of hydrogen-bond donors (Lipinski definition) is 1. The third kappa shape index (κ3) is 5.18. The van der Waals surface area contributed by atoms with Gasteiger partial charge in [-0.05, 0) is 42.9 Å². The molecule has 0 fully saturated rings. The summed E-state index contributed by atoms with van der Waals surface area (Å²) >= 11 is 17.8. The van der Waals surface area contributed by atoms with Crippen molar-refractivity contribution < 1.29 is 4.79 Å². The van der Waals surface area contributed by atoms with Crippen molar-refractivity contribution in [3.63, 3.8) is 0 Å². The fourth-order valence-corrected chi connectivity index (χ4v) is 2.45. The summed E-state index contributed by atoms with van der Waals surface area (Å²) < 4.78 is 0. The number of carbonyl (C=O) groups excluding carboxylic acids is 1. The van der Waals surface area contributed by atoms with Gasteiger partial charge in [-0.3, -0.25) is 9.69 Å². The largest absolute Gasteiger partial charge is 0.324 e. The summed E-state index contributed by atoms with van der Waals surface area (Å²) in [5.74, 6) is -0.152. The fourth-order valence-electron chi connectivity index (χ4n) is 1.99. The summed E-state index contributed by atoms with van der Waals surface area (Å²) in [6.45, 7) is 0.888. The van der Waals surface area contributed by atoms with Gasteiger partial charge in [0, 0.05) is 16.6 Å². The van der Waals surface area contributed by atoms with E-state index in [1.807, 2.05) is 36.2 Å². The van der Waals surface area contributed by atoms with Gasteiger partial charge in [-0.2, -0.15) is 0 Å². The van der Waals surface area contributed by atoms with Crippen molar-refractivity contribution in [3.05, 3.63) is 63.1 Å². The van der Waals surface area contributed by atoms with Gasteiger partial charge in [-0.15, -0.1) is 0 Å². The maximum atomic E-state index is 12.1. The van der Waals surface area contributed by atoms with Crippen molar-refractivity contribution >= 4 is 46.4 Å². The third-order valence-corrected chi connectivity index (χ3v) is 3.80. The number of hydrogen-bond acceptors (Lipinski definition) is 2. The van der Waals surface area contributed by atoms with Crippen molar-refractivity contribution in [2.75, 3.05) is 18.9 Å². The second-order valence-electron chi connectivity index (χ2n) is 4.97. The summed E-state index contributed by atoms with van der Waals surface area (Å²) in [6, 6.07) is 12.5. The van der Waals surface area contributed by atoms with Crippen LogP contribution in [0.15, 0.2) is 42.5 Å². The Hall–Kier alpha value is -1.26. The number of carbonyl (C=O) groups is 1. The summed E-state index contributed by atoms with van der Waals surface area (Å²) in [7, 11) is 1.87. The monoisotopic (exact) mass is 356 g/mol. The minimum atomic E-state index is -0.152. The topological polar surface area (TPSA) is 32.3 Å². The highest BCUT2D eigenvalue weighted by atomic mass is 35.5. The summed E-state index contributed by atoms with van der Waals surface area (Å²) in [6.07, 6.45) is 0. The third-order valence-electron chi connectivity index (χ3n) is 2.98. The van der Waals surface area contributed by atoms with Crippen LogP contribution < -0.4 is 5.32 Å². The lowest BCUT2D eigenvalue weighted by atomic mass is 10.2. The zero-order valence-electron chi connectivity index (χ0n) is 11.9. The van der Waals surface area contributed by atoms with Gasteiger partial charge in [0.2, 0.25) is 5.91 Å². The predicted octanol–water partition coefficient (Wildman–Crippen LogP) is 4.72. The molecule has 3 nitrogen and oxygen atoms in total. The number of benzene rings is 2. The first-order valence-corrected chi connectivity index (χ1v) is 7.75. The van der Waals surface area contributed by atoms with E-state index in [2.05, 4.69) is 5.32 Å². The van der Waals surface area contributed by atoms with Crippen LogP contribution in [-0.2, 0) is 11.3 Å². The Morgan fingerprint density at radius 2 is 1.68 bits per heavy atom. The van der Waals surface area contributed by atoms with Crippen molar-refractivity contribution in [1.29, 1.82) is 0 Å². The minimum absolute atomic E-state index is 0.152. The van der Waals surface area contributed by atoms with Crippen LogP contribution in [0.2, 0.25) is 15.1 Å². The van der Waals surface area contributed by atoms with Gasteiger partial charge >= 0.3 is 0 Å². The Morgan fingerprint density at radius 3 is 2.36 bits per heavy atom. The number of nitrogens with zero attached hydrogens (tertiary/aromatic N) is 1. The van der Waals surface area contributed by atoms with Gasteiger partial charge in [0.25, 0.3) is 0 Å². The van der Waals surface area contributed by atoms with Crippen LogP contribution in [0.3, 0.4) is 0 Å². The normalized spacial score (nSPS) is 10.8. The lowest BCUT2D eigenvalue weighted by Crippen LogP contribution is -2.29. The summed E-state index contributed by atoms with van der Waals surface area (Å²) in [5.41, 5.74) is 1.60. The molecule has 6 heteroatoms. The van der Waals surface area contributed by atoms with Crippen molar-refractivity contribution in [3.8, 4) is 0 Å². The average molecular weight is 358 g/mol. The molecule has 0 aliphatic rings. The van der Waals surface area contributed by atoms with Gasteiger partial charge in [-0.1, -0.05) is 46.9 Å². The standard InChI is InChI=1S/C16H15Cl3N2O/c1-21(9-11-2-4-12(17)5-3-11)10-16(22)20-15-8-13(18)6-7-14(15)19/h2-8H,9-10H2,1H3,(H,20,22). The van der Waals surface area contributed by atoms with Crippen LogP contribution in [0.5, 0.6) is 0 Å². The smallest absolute Gasteiger partial charge is 0.238 e. The number of rotatable bonds is 5. The predicted molar refractivity (Wildman–Crippen MR) is 92.9 cm³/mol. The van der Waals surface area contributed by atoms with Crippen molar-refractivity contribution in [2.24, 2.45) is 0 Å². The van der Waals surface area contributed by atoms with Gasteiger partial charge in [-0.25, -0.2) is 0 Å². The number of halogens is 3. The zero-order chi connectivity index (χ0) is 16.1. The second-order valence-corrected chi connectivity index (χ2v) is 6.25. The molecule has 1 amide bonds. The van der Waals surface area contributed by atoms with Gasteiger partial charge in [0.1, 0.15) is 0 Å². The van der Waals surface area contributed by atoms with E-state index in [-0.39, 0.29) is 12.5 Å². The summed E-state index contributed by atoms with van der Waals surface area (Å²) in [5, 5.41) is 4.43. The molecule has 2 aromatic rings. The van der Waals surface area contributed by atoms with Crippen molar-refractivity contribution in [2.45, 2.75) is 6.54 Å². The van der Waals surface area contributed by atoms with Gasteiger partial charge < -0.3 is 5.32 Å². The molecule has 0 saturated heterocycles. The quantitative estimate of drug-likeness (QED) is 0.840. The molecule has 2 rings (SSSR count). The highest BCUT2D eigenvalue weighted by Crippen LogP contribution is 2.25. The average Bonchev–Trinajstić information content (AvgIpc) is 2.45. The maximum Gasteiger partial charge on any atom is 0.238 e. The molecule has 0 aliphatic carbocycles. The first-order valence-electron chi connectivity index (χ1n) is 6.62. The molecule has 0 bridgehead atoms. The molecule has 0 unspecified atom stereocenters. The van der Waals surface area contributed by atoms with Crippen LogP contribution in [0.25, 0.3) is 0 Å². The lowest BCUT2D eigenvalue weighted by molar-refractivity contribution is -0.117. The Balaban J connectivity index is 1.91. The summed E-state index contributed by atoms with van der Waals surface area (Å²) in [4.78, 5) is 14.0.